The highest BCUT2D eigenvalue weighted by Gasteiger charge is 2.30. The Balaban J connectivity index is 5.23. The van der Waals surface area contributed by atoms with Gasteiger partial charge in [-0.3, -0.25) is 37.3 Å². The number of carbonyl (C=O) groups excluding carboxylic acids is 4. The SMILES string of the molecule is CCCCCCCCCCCCCCCCCCCCCCC(=O)OC[C@H](COP(=O)(O)OC[C@@H](O)COP(=O)(O)OC[C@@H](COC(=O)CCCCCCCCCCCCC)OC(=O)CCCCCCCCCCCCCC(C)C)OC(=O)CCCCCCCCCCCCCCCCCCCCC(C)C. The van der Waals surface area contributed by atoms with Crippen LogP contribution in [0.1, 0.15) is 465 Å². The molecule has 2 unspecified atom stereocenters. The number of hydrogen-bond acceptors (Lipinski definition) is 15. The summed E-state index contributed by atoms with van der Waals surface area (Å²) in [6.07, 6.45) is 70.9. The molecule has 0 bridgehead atoms. The third kappa shape index (κ3) is 80.1. The second-order valence-electron chi connectivity index (χ2n) is 32.2. The van der Waals surface area contributed by atoms with Crippen molar-refractivity contribution in [2.75, 3.05) is 39.6 Å². The Morgan fingerprint density at radius 3 is 0.642 bits per heavy atom. The summed E-state index contributed by atoms with van der Waals surface area (Å²) in [4.78, 5) is 73.2. The Morgan fingerprint density at radius 1 is 0.255 bits per heavy atom. The average Bonchev–Trinajstić information content (AvgIpc) is 0.893. The van der Waals surface area contributed by atoms with Crippen molar-refractivity contribution in [1.29, 1.82) is 0 Å². The number of esters is 4. The van der Waals surface area contributed by atoms with E-state index in [0.29, 0.717) is 25.7 Å². The largest absolute Gasteiger partial charge is 0.472 e. The number of unbranched alkanes of at least 4 members (excludes halogenated alkanes) is 56. The van der Waals surface area contributed by atoms with E-state index in [1.54, 1.807) is 0 Å². The number of phosphoric ester groups is 2. The lowest BCUT2D eigenvalue weighted by Crippen LogP contribution is -2.30. The van der Waals surface area contributed by atoms with Gasteiger partial charge in [0.1, 0.15) is 19.3 Å². The molecule has 0 aliphatic carbocycles. The lowest BCUT2D eigenvalue weighted by atomic mass is 10.0. The Bertz CT molecular complexity index is 2030. The smallest absolute Gasteiger partial charge is 0.462 e. The summed E-state index contributed by atoms with van der Waals surface area (Å²) in [6, 6.07) is 0. The van der Waals surface area contributed by atoms with Gasteiger partial charge < -0.3 is 33.8 Å². The lowest BCUT2D eigenvalue weighted by molar-refractivity contribution is -0.161. The standard InChI is InChI=1S/C87H170O17P2/c1-7-9-11-13-15-17-19-20-21-22-23-24-28-31-34-40-46-52-58-64-70-85(90)98-76-83(103-86(91)71-65-59-53-47-41-35-32-29-26-25-27-30-33-38-43-49-55-61-67-79(3)4)78-102-106(95,96)100-74-81(88)73-99-105(93,94)101-77-82(75-97-84(89)69-63-57-51-45-37-18-16-14-12-10-8-2)104-87(92)72-66-60-54-48-42-36-39-44-50-56-62-68-80(5)6/h79-83,88H,7-78H2,1-6H3,(H,93,94)(H,95,96)/t81-,82+,83+/m0/s1. The maximum absolute atomic E-state index is 13.2. The van der Waals surface area contributed by atoms with Crippen LogP contribution in [0.25, 0.3) is 0 Å². The van der Waals surface area contributed by atoms with E-state index in [2.05, 4.69) is 41.5 Å². The van der Waals surface area contributed by atoms with Crippen molar-refractivity contribution >= 4 is 39.5 Å². The van der Waals surface area contributed by atoms with Crippen LogP contribution >= 0.6 is 15.6 Å². The first-order valence-electron chi connectivity index (χ1n) is 45.0. The van der Waals surface area contributed by atoms with Gasteiger partial charge in [-0.05, 0) is 37.5 Å². The summed E-state index contributed by atoms with van der Waals surface area (Å²) in [7, 11) is -9.93. The first-order valence-corrected chi connectivity index (χ1v) is 48.0. The summed E-state index contributed by atoms with van der Waals surface area (Å²) in [5, 5.41) is 10.7. The Labute approximate surface area is 651 Å². The van der Waals surface area contributed by atoms with Crippen LogP contribution in [0.2, 0.25) is 0 Å². The monoisotopic (exact) mass is 1550 g/mol. The predicted octanol–water partition coefficient (Wildman–Crippen LogP) is 26.6. The van der Waals surface area contributed by atoms with Gasteiger partial charge in [0.25, 0.3) is 0 Å². The average molecular weight is 1550 g/mol. The molecule has 17 nitrogen and oxygen atoms in total. The van der Waals surface area contributed by atoms with E-state index in [1.165, 1.54) is 283 Å². The molecule has 0 aromatic heterocycles. The highest BCUT2D eigenvalue weighted by atomic mass is 31.2. The fraction of sp³-hybridized carbons (Fsp3) is 0.954. The maximum atomic E-state index is 13.2. The summed E-state index contributed by atoms with van der Waals surface area (Å²) < 4.78 is 68.9. The van der Waals surface area contributed by atoms with E-state index in [0.717, 1.165) is 102 Å². The van der Waals surface area contributed by atoms with Crippen molar-refractivity contribution in [3.05, 3.63) is 0 Å². The van der Waals surface area contributed by atoms with Gasteiger partial charge in [-0.1, -0.05) is 414 Å². The van der Waals surface area contributed by atoms with Crippen molar-refractivity contribution in [3.63, 3.8) is 0 Å². The fourth-order valence-corrected chi connectivity index (χ4v) is 15.2. The molecule has 0 saturated heterocycles. The van der Waals surface area contributed by atoms with Crippen LogP contribution in [0, 0.1) is 11.8 Å². The molecule has 0 rings (SSSR count). The van der Waals surface area contributed by atoms with Gasteiger partial charge in [0.05, 0.1) is 26.4 Å². The molecule has 106 heavy (non-hydrogen) atoms. The molecule has 630 valence electrons. The molecular weight excluding hydrogens is 1380 g/mol. The van der Waals surface area contributed by atoms with E-state index in [4.69, 9.17) is 37.0 Å². The molecule has 0 aromatic carbocycles. The fourth-order valence-electron chi connectivity index (χ4n) is 13.6. The van der Waals surface area contributed by atoms with E-state index in [9.17, 15) is 43.2 Å². The zero-order valence-electron chi connectivity index (χ0n) is 69.7. The molecule has 0 saturated carbocycles. The topological polar surface area (TPSA) is 237 Å². The number of carbonyl (C=O) groups is 4. The van der Waals surface area contributed by atoms with Crippen molar-refractivity contribution in [2.45, 2.75) is 484 Å². The van der Waals surface area contributed by atoms with Crippen molar-refractivity contribution in [3.8, 4) is 0 Å². The number of aliphatic hydroxyl groups excluding tert-OH is 1. The summed E-state index contributed by atoms with van der Waals surface area (Å²) in [5.74, 6) is -0.515. The molecule has 0 aromatic rings. The number of hydrogen-bond donors (Lipinski definition) is 3. The normalized spacial score (nSPS) is 13.8. The van der Waals surface area contributed by atoms with Crippen LogP contribution < -0.4 is 0 Å². The minimum Gasteiger partial charge on any atom is -0.462 e. The molecule has 0 amide bonds. The summed E-state index contributed by atoms with van der Waals surface area (Å²) in [5.41, 5.74) is 0. The zero-order valence-corrected chi connectivity index (χ0v) is 71.5. The Hall–Kier alpha value is -1.94. The zero-order chi connectivity index (χ0) is 77.8. The van der Waals surface area contributed by atoms with E-state index < -0.39 is 97.5 Å². The van der Waals surface area contributed by atoms with Gasteiger partial charge in [-0.15, -0.1) is 0 Å². The minimum atomic E-state index is -4.97. The molecule has 0 radical (unpaired) electrons. The van der Waals surface area contributed by atoms with E-state index >= 15 is 0 Å². The first kappa shape index (κ1) is 104. The molecule has 0 fully saturated rings. The van der Waals surface area contributed by atoms with Crippen LogP contribution in [-0.2, 0) is 65.4 Å². The van der Waals surface area contributed by atoms with Crippen molar-refractivity contribution in [1.82, 2.24) is 0 Å². The van der Waals surface area contributed by atoms with Gasteiger partial charge in [0, 0.05) is 25.7 Å². The number of aliphatic hydroxyl groups is 1. The molecule has 0 aliphatic rings. The van der Waals surface area contributed by atoms with Crippen LogP contribution in [0.4, 0.5) is 0 Å². The van der Waals surface area contributed by atoms with Crippen molar-refractivity contribution < 1.29 is 80.2 Å². The number of phosphoric acid groups is 2. The van der Waals surface area contributed by atoms with Gasteiger partial charge in [0.15, 0.2) is 12.2 Å². The van der Waals surface area contributed by atoms with Gasteiger partial charge in [0.2, 0.25) is 0 Å². The Morgan fingerprint density at radius 2 is 0.434 bits per heavy atom. The van der Waals surface area contributed by atoms with E-state index in [-0.39, 0.29) is 25.7 Å². The molecule has 0 heterocycles. The molecular formula is C87H170O17P2. The lowest BCUT2D eigenvalue weighted by Gasteiger charge is -2.21. The predicted molar refractivity (Wildman–Crippen MR) is 437 cm³/mol. The first-order chi connectivity index (χ1) is 51.4. The highest BCUT2D eigenvalue weighted by Crippen LogP contribution is 2.45. The third-order valence-corrected chi connectivity index (χ3v) is 22.4. The van der Waals surface area contributed by atoms with Crippen LogP contribution in [-0.4, -0.2) is 96.7 Å². The molecule has 0 spiro atoms. The maximum Gasteiger partial charge on any atom is 0.472 e. The van der Waals surface area contributed by atoms with Gasteiger partial charge in [-0.2, -0.15) is 0 Å². The Kier molecular flexibility index (Phi) is 76.9. The van der Waals surface area contributed by atoms with Crippen molar-refractivity contribution in [2.24, 2.45) is 11.8 Å². The van der Waals surface area contributed by atoms with Crippen LogP contribution in [0.15, 0.2) is 0 Å². The quantitative estimate of drug-likeness (QED) is 0.0222. The summed E-state index contributed by atoms with van der Waals surface area (Å²) >= 11 is 0. The number of ether oxygens (including phenoxy) is 4. The second kappa shape index (κ2) is 78.3. The number of rotatable bonds is 86. The van der Waals surface area contributed by atoms with E-state index in [1.807, 2.05) is 0 Å². The van der Waals surface area contributed by atoms with Crippen LogP contribution in [0.5, 0.6) is 0 Å². The van der Waals surface area contributed by atoms with Gasteiger partial charge in [-0.25, -0.2) is 9.13 Å². The summed E-state index contributed by atoms with van der Waals surface area (Å²) in [6.45, 7) is 9.71. The molecule has 0 aliphatic heterocycles. The molecule has 5 atom stereocenters. The third-order valence-electron chi connectivity index (χ3n) is 20.5. The molecule has 19 heteroatoms. The van der Waals surface area contributed by atoms with Gasteiger partial charge >= 0.3 is 39.5 Å². The molecule has 3 N–H and O–H groups in total. The minimum absolute atomic E-state index is 0.107. The second-order valence-corrected chi connectivity index (χ2v) is 35.1. The van der Waals surface area contributed by atoms with Crippen LogP contribution in [0.3, 0.4) is 0 Å². The highest BCUT2D eigenvalue weighted by molar-refractivity contribution is 7.47.